The number of hydrogen-bond acceptors (Lipinski definition) is 1. The van der Waals surface area contributed by atoms with Crippen LogP contribution in [0.3, 0.4) is 0 Å². The Bertz CT molecular complexity index is 784. The van der Waals surface area contributed by atoms with Crippen molar-refractivity contribution in [2.24, 2.45) is 5.92 Å². The third-order valence-electron chi connectivity index (χ3n) is 5.67. The van der Waals surface area contributed by atoms with E-state index in [1.807, 2.05) is 6.20 Å². The molecule has 0 aliphatic heterocycles. The minimum absolute atomic E-state index is 0.653. The van der Waals surface area contributed by atoms with E-state index in [2.05, 4.69) is 96.1 Å². The van der Waals surface area contributed by atoms with Crippen molar-refractivity contribution >= 4 is 19.0 Å². The molecule has 1 aromatic heterocycles. The smallest absolute Gasteiger partial charge is 0.146 e. The SMILES string of the molecule is CC(C)Cc1cnc2cc(C#C[Si](C(C)C)(C(C)C)C(C)C)ccc2c1. The number of fused-ring (bicyclic) bond motifs is 1. The lowest BCUT2D eigenvalue weighted by Gasteiger charge is -2.38. The molecule has 0 aliphatic rings. The zero-order valence-corrected chi connectivity index (χ0v) is 18.9. The van der Waals surface area contributed by atoms with Gasteiger partial charge in [-0.3, -0.25) is 4.98 Å². The number of hydrogen-bond donors (Lipinski definition) is 0. The highest BCUT2D eigenvalue weighted by Gasteiger charge is 2.41. The number of pyridine rings is 1. The molecule has 0 radical (unpaired) electrons. The molecule has 2 heteroatoms. The van der Waals surface area contributed by atoms with E-state index < -0.39 is 8.07 Å². The minimum Gasteiger partial charge on any atom is -0.256 e. The van der Waals surface area contributed by atoms with E-state index in [1.54, 1.807) is 0 Å². The van der Waals surface area contributed by atoms with Gasteiger partial charge in [0.2, 0.25) is 0 Å². The van der Waals surface area contributed by atoms with Gasteiger partial charge in [0.15, 0.2) is 0 Å². The highest BCUT2D eigenvalue weighted by molar-refractivity contribution is 6.90. The van der Waals surface area contributed by atoms with Crippen molar-refractivity contribution in [3.8, 4) is 11.5 Å². The first-order chi connectivity index (χ1) is 12.2. The second-order valence-electron chi connectivity index (χ2n) is 9.00. The van der Waals surface area contributed by atoms with Crippen LogP contribution in [0.15, 0.2) is 30.5 Å². The molecule has 0 saturated carbocycles. The molecule has 0 atom stereocenters. The van der Waals surface area contributed by atoms with Crippen molar-refractivity contribution in [1.82, 2.24) is 4.98 Å². The Morgan fingerprint density at radius 1 is 0.885 bits per heavy atom. The Balaban J connectivity index is 2.41. The van der Waals surface area contributed by atoms with E-state index in [1.165, 1.54) is 10.9 Å². The molecule has 0 aliphatic carbocycles. The van der Waals surface area contributed by atoms with Gasteiger partial charge in [0.25, 0.3) is 0 Å². The van der Waals surface area contributed by atoms with Crippen molar-refractivity contribution in [2.45, 2.75) is 78.4 Å². The number of rotatable bonds is 5. The highest BCUT2D eigenvalue weighted by atomic mass is 28.3. The summed E-state index contributed by atoms with van der Waals surface area (Å²) < 4.78 is 0. The summed E-state index contributed by atoms with van der Waals surface area (Å²) in [5.74, 6) is 4.19. The first kappa shape index (κ1) is 20.7. The lowest BCUT2D eigenvalue weighted by molar-refractivity contribution is 0.646. The lowest BCUT2D eigenvalue weighted by Crippen LogP contribution is -2.43. The van der Waals surface area contributed by atoms with E-state index >= 15 is 0 Å². The van der Waals surface area contributed by atoms with Gasteiger partial charge in [0, 0.05) is 17.1 Å². The quantitative estimate of drug-likeness (QED) is 0.410. The average Bonchev–Trinajstić information content (AvgIpc) is 2.53. The molecule has 0 N–H and O–H groups in total. The Hall–Kier alpha value is -1.59. The first-order valence-corrected chi connectivity index (χ1v) is 12.3. The summed E-state index contributed by atoms with van der Waals surface area (Å²) in [5.41, 5.74) is 9.26. The van der Waals surface area contributed by atoms with Crippen LogP contribution >= 0.6 is 0 Å². The molecule has 0 fully saturated rings. The van der Waals surface area contributed by atoms with Gasteiger partial charge in [-0.05, 0) is 52.7 Å². The fourth-order valence-corrected chi connectivity index (χ4v) is 9.67. The third kappa shape index (κ3) is 4.38. The molecule has 2 rings (SSSR count). The highest BCUT2D eigenvalue weighted by Crippen LogP contribution is 2.40. The van der Waals surface area contributed by atoms with Gasteiger partial charge < -0.3 is 0 Å². The molecule has 0 amide bonds. The Morgan fingerprint density at radius 3 is 2.04 bits per heavy atom. The van der Waals surface area contributed by atoms with Gasteiger partial charge in [-0.2, -0.15) is 0 Å². The van der Waals surface area contributed by atoms with Crippen molar-refractivity contribution in [3.63, 3.8) is 0 Å². The molecule has 1 nitrogen and oxygen atoms in total. The summed E-state index contributed by atoms with van der Waals surface area (Å²) >= 11 is 0. The summed E-state index contributed by atoms with van der Waals surface area (Å²) in [4.78, 5) is 4.69. The Kier molecular flexibility index (Phi) is 6.69. The predicted molar refractivity (Wildman–Crippen MR) is 118 cm³/mol. The van der Waals surface area contributed by atoms with Gasteiger partial charge in [0.05, 0.1) is 5.52 Å². The molecule has 0 unspecified atom stereocenters. The molecule has 0 bridgehead atoms. The zero-order valence-electron chi connectivity index (χ0n) is 17.9. The van der Waals surface area contributed by atoms with E-state index in [0.717, 1.165) is 17.5 Å². The second-order valence-corrected chi connectivity index (χ2v) is 14.6. The summed E-state index contributed by atoms with van der Waals surface area (Å²) in [5, 5.41) is 1.22. The molecular formula is C24H35NSi. The maximum atomic E-state index is 4.69. The molecule has 2 aromatic rings. The maximum Gasteiger partial charge on any atom is 0.146 e. The molecule has 1 heterocycles. The van der Waals surface area contributed by atoms with Crippen LogP contribution in [-0.2, 0) is 6.42 Å². The zero-order chi connectivity index (χ0) is 19.5. The van der Waals surface area contributed by atoms with Crippen LogP contribution in [0.5, 0.6) is 0 Å². The van der Waals surface area contributed by atoms with E-state index in [9.17, 15) is 0 Å². The van der Waals surface area contributed by atoms with Crippen LogP contribution in [0, 0.1) is 17.4 Å². The van der Waals surface area contributed by atoms with Gasteiger partial charge >= 0.3 is 0 Å². The molecule has 140 valence electrons. The fourth-order valence-electron chi connectivity index (χ4n) is 4.44. The minimum atomic E-state index is -1.69. The van der Waals surface area contributed by atoms with E-state index in [0.29, 0.717) is 22.5 Å². The van der Waals surface area contributed by atoms with Gasteiger partial charge in [-0.1, -0.05) is 67.4 Å². The number of benzene rings is 1. The normalized spacial score (nSPS) is 12.3. The third-order valence-corrected chi connectivity index (χ3v) is 12.0. The van der Waals surface area contributed by atoms with E-state index in [4.69, 9.17) is 0 Å². The number of aromatic nitrogens is 1. The second kappa shape index (κ2) is 8.40. The maximum absolute atomic E-state index is 4.69. The first-order valence-electron chi connectivity index (χ1n) is 10.1. The van der Waals surface area contributed by atoms with Crippen molar-refractivity contribution in [2.75, 3.05) is 0 Å². The van der Waals surface area contributed by atoms with Gasteiger partial charge in [-0.25, -0.2) is 0 Å². The summed E-state index contributed by atoms with van der Waals surface area (Å²) in [6.07, 6.45) is 3.10. The van der Waals surface area contributed by atoms with Gasteiger partial charge in [0.1, 0.15) is 8.07 Å². The fraction of sp³-hybridized carbons (Fsp3) is 0.542. The Morgan fingerprint density at radius 2 is 1.50 bits per heavy atom. The van der Waals surface area contributed by atoms with Gasteiger partial charge in [-0.15, -0.1) is 5.54 Å². The van der Waals surface area contributed by atoms with Crippen LogP contribution < -0.4 is 0 Å². The van der Waals surface area contributed by atoms with Crippen LogP contribution in [-0.4, -0.2) is 13.1 Å². The predicted octanol–water partition coefficient (Wildman–Crippen LogP) is 7.00. The van der Waals surface area contributed by atoms with E-state index in [-0.39, 0.29) is 0 Å². The summed E-state index contributed by atoms with van der Waals surface area (Å²) in [7, 11) is -1.69. The number of nitrogens with zero attached hydrogens (tertiary/aromatic N) is 1. The Labute approximate surface area is 161 Å². The monoisotopic (exact) mass is 365 g/mol. The summed E-state index contributed by atoms with van der Waals surface area (Å²) in [6, 6.07) is 8.77. The largest absolute Gasteiger partial charge is 0.256 e. The van der Waals surface area contributed by atoms with Crippen LogP contribution in [0.2, 0.25) is 16.6 Å². The van der Waals surface area contributed by atoms with Crippen LogP contribution in [0.25, 0.3) is 10.9 Å². The average molecular weight is 366 g/mol. The molecule has 26 heavy (non-hydrogen) atoms. The summed E-state index contributed by atoms with van der Waals surface area (Å²) in [6.45, 7) is 18.7. The topological polar surface area (TPSA) is 12.9 Å². The standard InChI is InChI=1S/C24H35NSi/c1-17(2)13-22-14-23-10-9-21(15-24(23)25-16-22)11-12-26(18(3)4,19(5)6)20(7)8/h9-10,14-20H,13H2,1-8H3. The molecule has 0 spiro atoms. The van der Waals surface area contributed by atoms with Crippen LogP contribution in [0.4, 0.5) is 0 Å². The lowest BCUT2D eigenvalue weighted by atomic mass is 10.0. The van der Waals surface area contributed by atoms with Crippen molar-refractivity contribution in [3.05, 3.63) is 41.6 Å². The van der Waals surface area contributed by atoms with Crippen LogP contribution in [0.1, 0.15) is 66.5 Å². The van der Waals surface area contributed by atoms with Crippen molar-refractivity contribution < 1.29 is 0 Å². The van der Waals surface area contributed by atoms with Crippen molar-refractivity contribution in [1.29, 1.82) is 0 Å². The molecular weight excluding hydrogens is 330 g/mol. The molecule has 0 saturated heterocycles. The molecule has 1 aromatic carbocycles.